The molecule has 180 valence electrons. The molecule has 36 heavy (non-hydrogen) atoms. The van der Waals surface area contributed by atoms with Crippen LogP contribution in [-0.4, -0.2) is 26.7 Å². The Morgan fingerprint density at radius 3 is 2.39 bits per heavy atom. The summed E-state index contributed by atoms with van der Waals surface area (Å²) in [5.74, 6) is -2.84. The monoisotopic (exact) mass is 503 g/mol. The van der Waals surface area contributed by atoms with Crippen molar-refractivity contribution < 1.29 is 24.0 Å². The maximum atomic E-state index is 13.5. The lowest BCUT2D eigenvalue weighted by Crippen LogP contribution is -2.29. The normalized spacial score (nSPS) is 17.2. The number of hydrogen-bond acceptors (Lipinski definition) is 7. The molecule has 1 saturated heterocycles. The summed E-state index contributed by atoms with van der Waals surface area (Å²) < 4.78 is 14.3. The third-order valence-corrected chi connectivity index (χ3v) is 7.01. The molecule has 1 aliphatic rings. The van der Waals surface area contributed by atoms with E-state index in [0.717, 1.165) is 28.0 Å². The van der Waals surface area contributed by atoms with Crippen LogP contribution >= 0.6 is 11.3 Å². The number of aliphatic hydroxyl groups is 1. The summed E-state index contributed by atoms with van der Waals surface area (Å²) in [4.78, 5) is 43.0. The van der Waals surface area contributed by atoms with Crippen molar-refractivity contribution in [1.82, 2.24) is 4.98 Å². The largest absolute Gasteiger partial charge is 0.507 e. The maximum absolute atomic E-state index is 13.5. The number of benzene rings is 3. The van der Waals surface area contributed by atoms with E-state index in [1.165, 1.54) is 52.6 Å². The number of amides is 1. The van der Waals surface area contributed by atoms with E-state index in [0.29, 0.717) is 11.1 Å². The Morgan fingerprint density at radius 2 is 1.75 bits per heavy atom. The van der Waals surface area contributed by atoms with Crippen LogP contribution < -0.4 is 4.90 Å². The standard InChI is InChI=1S/C26H18FN3O5S/c1-13-11-14(2)21-19(12-13)36-26(28-21)29-22(15-5-9-18(10-6-15)30(34)35)20(24(32)25(29)33)23(31)16-3-7-17(27)8-4-16/h3-12,22,31H,1-2H3/b23-20+. The second kappa shape index (κ2) is 8.65. The highest BCUT2D eigenvalue weighted by Gasteiger charge is 2.48. The van der Waals surface area contributed by atoms with Gasteiger partial charge in [0.25, 0.3) is 11.5 Å². The number of carbonyl (C=O) groups is 2. The number of fused-ring (bicyclic) bond motifs is 1. The molecule has 4 aromatic rings. The van der Waals surface area contributed by atoms with Crippen LogP contribution in [0.2, 0.25) is 0 Å². The van der Waals surface area contributed by atoms with Crippen molar-refractivity contribution in [3.63, 3.8) is 0 Å². The van der Waals surface area contributed by atoms with Crippen molar-refractivity contribution in [3.05, 3.63) is 104 Å². The highest BCUT2D eigenvalue weighted by Crippen LogP contribution is 2.45. The number of aliphatic hydroxyl groups excluding tert-OH is 1. The van der Waals surface area contributed by atoms with E-state index in [1.54, 1.807) is 0 Å². The molecule has 3 aromatic carbocycles. The fourth-order valence-corrected chi connectivity index (χ4v) is 5.52. The lowest BCUT2D eigenvalue weighted by atomic mass is 9.95. The predicted molar refractivity (Wildman–Crippen MR) is 133 cm³/mol. The molecular formula is C26H18FN3O5S. The van der Waals surface area contributed by atoms with Gasteiger partial charge in [0.1, 0.15) is 11.6 Å². The smallest absolute Gasteiger partial charge is 0.301 e. The molecule has 0 spiro atoms. The Kier molecular flexibility index (Phi) is 5.60. The van der Waals surface area contributed by atoms with E-state index in [4.69, 9.17) is 0 Å². The molecule has 2 heterocycles. The van der Waals surface area contributed by atoms with Crippen LogP contribution in [-0.2, 0) is 9.59 Å². The van der Waals surface area contributed by atoms with Gasteiger partial charge in [-0.3, -0.25) is 24.6 Å². The van der Waals surface area contributed by atoms with Gasteiger partial charge in [0.2, 0.25) is 0 Å². The van der Waals surface area contributed by atoms with Crippen LogP contribution in [0.3, 0.4) is 0 Å². The summed E-state index contributed by atoms with van der Waals surface area (Å²) >= 11 is 1.23. The first-order valence-electron chi connectivity index (χ1n) is 10.8. The zero-order valence-electron chi connectivity index (χ0n) is 19.1. The van der Waals surface area contributed by atoms with Gasteiger partial charge in [0.05, 0.1) is 26.8 Å². The molecule has 0 bridgehead atoms. The maximum Gasteiger partial charge on any atom is 0.301 e. The minimum Gasteiger partial charge on any atom is -0.507 e. The van der Waals surface area contributed by atoms with Crippen molar-refractivity contribution in [2.75, 3.05) is 4.90 Å². The first-order valence-corrected chi connectivity index (χ1v) is 11.7. The van der Waals surface area contributed by atoms with Crippen molar-refractivity contribution in [1.29, 1.82) is 0 Å². The number of anilines is 1. The number of rotatable bonds is 4. The van der Waals surface area contributed by atoms with Crippen molar-refractivity contribution in [2.45, 2.75) is 19.9 Å². The molecule has 8 nitrogen and oxygen atoms in total. The van der Waals surface area contributed by atoms with Crippen LogP contribution in [0.4, 0.5) is 15.2 Å². The number of thiazole rings is 1. The highest BCUT2D eigenvalue weighted by molar-refractivity contribution is 7.22. The van der Waals surface area contributed by atoms with E-state index < -0.39 is 34.2 Å². The Hall–Kier alpha value is -4.44. The number of aryl methyl sites for hydroxylation is 2. The number of non-ortho nitro benzene ring substituents is 1. The van der Waals surface area contributed by atoms with Crippen LogP contribution in [0.15, 0.2) is 66.2 Å². The van der Waals surface area contributed by atoms with E-state index in [-0.39, 0.29) is 22.0 Å². The fraction of sp³-hybridized carbons (Fsp3) is 0.115. The molecule has 5 rings (SSSR count). The molecular weight excluding hydrogens is 485 g/mol. The molecule has 0 saturated carbocycles. The molecule has 1 unspecified atom stereocenters. The number of ketones is 1. The van der Waals surface area contributed by atoms with Crippen molar-refractivity contribution >= 4 is 49.8 Å². The average molecular weight is 504 g/mol. The van der Waals surface area contributed by atoms with Crippen LogP contribution in [0.5, 0.6) is 0 Å². The first kappa shape index (κ1) is 23.3. The number of nitrogens with zero attached hydrogens (tertiary/aromatic N) is 3. The van der Waals surface area contributed by atoms with Crippen molar-refractivity contribution in [3.8, 4) is 0 Å². The van der Waals surface area contributed by atoms with Gasteiger partial charge in [-0.15, -0.1) is 0 Å². The number of carbonyl (C=O) groups excluding carboxylic acids is 2. The SMILES string of the molecule is Cc1cc(C)c2nc(N3C(=O)C(=O)/C(=C(/O)c4ccc(F)cc4)C3c3ccc([N+](=O)[O-])cc3)sc2c1. The molecule has 0 radical (unpaired) electrons. The number of hydrogen-bond donors (Lipinski definition) is 1. The van der Waals surface area contributed by atoms with E-state index in [2.05, 4.69) is 4.98 Å². The van der Waals surface area contributed by atoms with Crippen molar-refractivity contribution in [2.24, 2.45) is 0 Å². The molecule has 1 aliphatic heterocycles. The van der Waals surface area contributed by atoms with Gasteiger partial charge in [-0.1, -0.05) is 17.4 Å². The Bertz CT molecular complexity index is 1590. The average Bonchev–Trinajstić information content (AvgIpc) is 3.38. The number of nitro groups is 1. The summed E-state index contributed by atoms with van der Waals surface area (Å²) in [5, 5.41) is 22.5. The van der Waals surface area contributed by atoms with E-state index in [9.17, 15) is 29.2 Å². The third-order valence-electron chi connectivity index (χ3n) is 6.01. The lowest BCUT2D eigenvalue weighted by molar-refractivity contribution is -0.384. The second-order valence-corrected chi connectivity index (χ2v) is 9.46. The summed E-state index contributed by atoms with van der Waals surface area (Å²) in [6.07, 6.45) is 0. The Balaban J connectivity index is 1.73. The van der Waals surface area contributed by atoms with Gasteiger partial charge in [-0.05, 0) is 73.0 Å². The number of halogens is 1. The minimum absolute atomic E-state index is 0.150. The zero-order chi connectivity index (χ0) is 25.7. The summed E-state index contributed by atoms with van der Waals surface area (Å²) in [6, 6.07) is 13.0. The Morgan fingerprint density at radius 1 is 1.08 bits per heavy atom. The zero-order valence-corrected chi connectivity index (χ0v) is 19.9. The first-order chi connectivity index (χ1) is 17.2. The number of nitro benzene ring substituents is 1. The molecule has 1 N–H and O–H groups in total. The van der Waals surface area contributed by atoms with Gasteiger partial charge in [0.15, 0.2) is 5.13 Å². The van der Waals surface area contributed by atoms with Crippen LogP contribution in [0.1, 0.15) is 28.3 Å². The Labute approximate surface area is 208 Å². The minimum atomic E-state index is -1.10. The predicted octanol–water partition coefficient (Wildman–Crippen LogP) is 5.59. The number of Topliss-reactive ketones (excluding diaryl/α,β-unsaturated/α-hetero) is 1. The van der Waals surface area contributed by atoms with E-state index >= 15 is 0 Å². The fourth-order valence-electron chi connectivity index (χ4n) is 4.35. The molecule has 0 aliphatic carbocycles. The van der Waals surface area contributed by atoms with Gasteiger partial charge < -0.3 is 5.11 Å². The van der Waals surface area contributed by atoms with Crippen LogP contribution in [0.25, 0.3) is 16.0 Å². The summed E-state index contributed by atoms with van der Waals surface area (Å²) in [7, 11) is 0. The molecule has 10 heteroatoms. The summed E-state index contributed by atoms with van der Waals surface area (Å²) in [6.45, 7) is 3.84. The van der Waals surface area contributed by atoms with Crippen LogP contribution in [0, 0.1) is 29.8 Å². The van der Waals surface area contributed by atoms with Gasteiger partial charge in [-0.2, -0.15) is 0 Å². The van der Waals surface area contributed by atoms with E-state index in [1.807, 2.05) is 26.0 Å². The van der Waals surface area contributed by atoms with Gasteiger partial charge >= 0.3 is 5.91 Å². The van der Waals surface area contributed by atoms with Gasteiger partial charge in [-0.25, -0.2) is 9.37 Å². The second-order valence-electron chi connectivity index (χ2n) is 8.45. The summed E-state index contributed by atoms with van der Waals surface area (Å²) in [5.41, 5.74) is 2.74. The quantitative estimate of drug-likeness (QED) is 0.128. The lowest BCUT2D eigenvalue weighted by Gasteiger charge is -2.22. The third kappa shape index (κ3) is 3.81. The molecule has 1 aromatic heterocycles. The van der Waals surface area contributed by atoms with Gasteiger partial charge in [0, 0.05) is 17.7 Å². The highest BCUT2D eigenvalue weighted by atomic mass is 32.1. The number of aromatic nitrogens is 1. The topological polar surface area (TPSA) is 114 Å². The molecule has 1 fully saturated rings. The molecule has 1 amide bonds. The molecule has 1 atom stereocenters.